The first-order chi connectivity index (χ1) is 9.20. The van der Waals surface area contributed by atoms with Crippen molar-refractivity contribution in [2.75, 3.05) is 11.9 Å². The Morgan fingerprint density at radius 3 is 3.00 bits per heavy atom. The van der Waals surface area contributed by atoms with Crippen molar-refractivity contribution >= 4 is 21.6 Å². The summed E-state index contributed by atoms with van der Waals surface area (Å²) in [6.07, 6.45) is 2.41. The van der Waals surface area contributed by atoms with E-state index in [0.29, 0.717) is 35.4 Å². The van der Waals surface area contributed by atoms with Gasteiger partial charge in [-0.05, 0) is 34.5 Å². The summed E-state index contributed by atoms with van der Waals surface area (Å²) in [6.45, 7) is 1.13. The maximum Gasteiger partial charge on any atom is 0.147 e. The second kappa shape index (κ2) is 6.63. The van der Waals surface area contributed by atoms with Crippen LogP contribution in [0.1, 0.15) is 12.1 Å². The normalized spacial score (nSPS) is 10.7. The van der Waals surface area contributed by atoms with Crippen LogP contribution in [0.4, 0.5) is 10.1 Å². The highest BCUT2D eigenvalue weighted by Crippen LogP contribution is 2.25. The van der Waals surface area contributed by atoms with Gasteiger partial charge in [0.15, 0.2) is 0 Å². The number of aliphatic hydroxyl groups excluding tert-OH is 1. The topological polar surface area (TPSA) is 63.0 Å². The van der Waals surface area contributed by atoms with Gasteiger partial charge in [-0.1, -0.05) is 11.3 Å². The highest BCUT2D eigenvalue weighted by molar-refractivity contribution is 9.10. The van der Waals surface area contributed by atoms with Gasteiger partial charge >= 0.3 is 0 Å². The Labute approximate surface area is 118 Å². The molecule has 2 N–H and O–H groups in total. The number of anilines is 1. The van der Waals surface area contributed by atoms with Gasteiger partial charge in [0, 0.05) is 17.6 Å². The molecule has 1 aromatic heterocycles. The largest absolute Gasteiger partial charge is 0.396 e. The number of nitrogens with zero attached hydrogens (tertiary/aromatic N) is 3. The van der Waals surface area contributed by atoms with Crippen LogP contribution < -0.4 is 5.32 Å². The minimum absolute atomic E-state index is 0.121. The number of hydrogen-bond donors (Lipinski definition) is 2. The molecule has 1 heterocycles. The van der Waals surface area contributed by atoms with Gasteiger partial charge in [-0.25, -0.2) is 4.39 Å². The Morgan fingerprint density at radius 2 is 2.26 bits per heavy atom. The van der Waals surface area contributed by atoms with Crippen molar-refractivity contribution in [3.8, 4) is 0 Å². The van der Waals surface area contributed by atoms with Crippen LogP contribution in [0.5, 0.6) is 0 Å². The second-order valence-corrected chi connectivity index (χ2v) is 4.85. The summed E-state index contributed by atoms with van der Waals surface area (Å²) in [5, 5.41) is 19.6. The molecule has 0 aliphatic rings. The molecule has 7 heteroatoms. The molecule has 2 rings (SSSR count). The minimum Gasteiger partial charge on any atom is -0.396 e. The number of halogens is 2. The zero-order valence-corrected chi connectivity index (χ0v) is 11.8. The lowest BCUT2D eigenvalue weighted by molar-refractivity contribution is 0.276. The maximum absolute atomic E-state index is 13.6. The molecule has 0 saturated carbocycles. The summed E-state index contributed by atoms with van der Waals surface area (Å²) < 4.78 is 15.9. The van der Waals surface area contributed by atoms with Crippen molar-refractivity contribution in [1.29, 1.82) is 0 Å². The molecule has 2 aromatic rings. The number of nitrogens with one attached hydrogen (secondary N) is 1. The van der Waals surface area contributed by atoms with Gasteiger partial charge < -0.3 is 10.4 Å². The summed E-state index contributed by atoms with van der Waals surface area (Å²) in [7, 11) is 0. The third-order valence-electron chi connectivity index (χ3n) is 2.54. The predicted octanol–water partition coefficient (Wildman–Crippen LogP) is 2.17. The smallest absolute Gasteiger partial charge is 0.147 e. The molecule has 0 bridgehead atoms. The van der Waals surface area contributed by atoms with Crippen LogP contribution in [0.25, 0.3) is 0 Å². The molecular formula is C12H14BrFN4O. The predicted molar refractivity (Wildman–Crippen MR) is 73.2 cm³/mol. The van der Waals surface area contributed by atoms with Crippen LogP contribution in [0, 0.1) is 5.82 Å². The van der Waals surface area contributed by atoms with Crippen molar-refractivity contribution in [3.05, 3.63) is 40.4 Å². The molecule has 0 saturated heterocycles. The Bertz CT molecular complexity index is 526. The SMILES string of the molecule is OCCCn1cc(CNc2c(F)cccc2Br)nn1. The molecule has 102 valence electrons. The van der Waals surface area contributed by atoms with Gasteiger partial charge in [-0.3, -0.25) is 4.68 Å². The van der Waals surface area contributed by atoms with E-state index in [1.165, 1.54) is 6.07 Å². The molecule has 0 unspecified atom stereocenters. The number of para-hydroxylation sites is 1. The number of aryl methyl sites for hydroxylation is 1. The molecule has 0 radical (unpaired) electrons. The van der Waals surface area contributed by atoms with E-state index < -0.39 is 0 Å². The minimum atomic E-state index is -0.318. The first kappa shape index (κ1) is 14.0. The van der Waals surface area contributed by atoms with E-state index in [4.69, 9.17) is 5.11 Å². The lowest BCUT2D eigenvalue weighted by Crippen LogP contribution is -2.03. The lowest BCUT2D eigenvalue weighted by Gasteiger charge is -2.07. The highest BCUT2D eigenvalue weighted by atomic mass is 79.9. The fourth-order valence-electron chi connectivity index (χ4n) is 1.61. The maximum atomic E-state index is 13.6. The quantitative estimate of drug-likeness (QED) is 0.853. The highest BCUT2D eigenvalue weighted by Gasteiger charge is 2.07. The number of benzene rings is 1. The van der Waals surface area contributed by atoms with Crippen LogP contribution in [0.3, 0.4) is 0 Å². The van der Waals surface area contributed by atoms with Gasteiger partial charge in [0.1, 0.15) is 11.5 Å². The van der Waals surface area contributed by atoms with E-state index in [1.807, 2.05) is 0 Å². The molecule has 0 amide bonds. The van der Waals surface area contributed by atoms with Crippen LogP contribution in [0.15, 0.2) is 28.9 Å². The average molecular weight is 329 g/mol. The van der Waals surface area contributed by atoms with E-state index >= 15 is 0 Å². The fraction of sp³-hybridized carbons (Fsp3) is 0.333. The number of aliphatic hydroxyl groups is 1. The van der Waals surface area contributed by atoms with Gasteiger partial charge in [-0.2, -0.15) is 0 Å². The summed E-state index contributed by atoms with van der Waals surface area (Å²) in [5.74, 6) is -0.318. The molecule has 0 atom stereocenters. The first-order valence-electron chi connectivity index (χ1n) is 5.88. The van der Waals surface area contributed by atoms with E-state index in [9.17, 15) is 4.39 Å². The lowest BCUT2D eigenvalue weighted by atomic mass is 10.3. The monoisotopic (exact) mass is 328 g/mol. The van der Waals surface area contributed by atoms with Crippen molar-refractivity contribution in [1.82, 2.24) is 15.0 Å². The Kier molecular flexibility index (Phi) is 4.86. The summed E-state index contributed by atoms with van der Waals surface area (Å²) in [4.78, 5) is 0. The molecule has 0 aliphatic heterocycles. The fourth-order valence-corrected chi connectivity index (χ4v) is 2.09. The van der Waals surface area contributed by atoms with Crippen LogP contribution in [-0.2, 0) is 13.1 Å². The standard InChI is InChI=1S/C12H14BrFN4O/c13-10-3-1-4-11(14)12(10)15-7-9-8-18(17-16-9)5-2-6-19/h1,3-4,8,15,19H,2,5-7H2. The Morgan fingerprint density at radius 1 is 1.42 bits per heavy atom. The van der Waals surface area contributed by atoms with Crippen molar-refractivity contribution in [2.24, 2.45) is 0 Å². The molecule has 0 fully saturated rings. The van der Waals surface area contributed by atoms with E-state index in [2.05, 4.69) is 31.6 Å². The molecular weight excluding hydrogens is 315 g/mol. The first-order valence-corrected chi connectivity index (χ1v) is 6.68. The molecule has 0 spiro atoms. The van der Waals surface area contributed by atoms with Crippen molar-refractivity contribution in [3.63, 3.8) is 0 Å². The zero-order valence-electron chi connectivity index (χ0n) is 10.2. The number of hydrogen-bond acceptors (Lipinski definition) is 4. The van der Waals surface area contributed by atoms with Gasteiger partial charge in [0.25, 0.3) is 0 Å². The van der Waals surface area contributed by atoms with Gasteiger partial charge in [0.2, 0.25) is 0 Å². The van der Waals surface area contributed by atoms with E-state index in [-0.39, 0.29) is 12.4 Å². The van der Waals surface area contributed by atoms with Crippen LogP contribution >= 0.6 is 15.9 Å². The Balaban J connectivity index is 1.97. The Hall–Kier alpha value is -1.47. The van der Waals surface area contributed by atoms with E-state index in [1.54, 1.807) is 23.0 Å². The molecule has 0 aliphatic carbocycles. The van der Waals surface area contributed by atoms with Gasteiger partial charge in [-0.15, -0.1) is 5.10 Å². The van der Waals surface area contributed by atoms with Crippen molar-refractivity contribution in [2.45, 2.75) is 19.5 Å². The molecule has 19 heavy (non-hydrogen) atoms. The molecule has 1 aromatic carbocycles. The second-order valence-electron chi connectivity index (χ2n) is 4.00. The van der Waals surface area contributed by atoms with Crippen LogP contribution in [-0.4, -0.2) is 26.7 Å². The van der Waals surface area contributed by atoms with Crippen LogP contribution in [0.2, 0.25) is 0 Å². The van der Waals surface area contributed by atoms with Gasteiger partial charge in [0.05, 0.1) is 18.4 Å². The zero-order chi connectivity index (χ0) is 13.7. The third kappa shape index (κ3) is 3.74. The summed E-state index contributed by atoms with van der Waals surface area (Å²) in [6, 6.07) is 4.80. The number of rotatable bonds is 6. The average Bonchev–Trinajstić information content (AvgIpc) is 2.84. The number of aromatic nitrogens is 3. The summed E-state index contributed by atoms with van der Waals surface area (Å²) in [5.41, 5.74) is 1.13. The summed E-state index contributed by atoms with van der Waals surface area (Å²) >= 11 is 3.29. The molecule has 5 nitrogen and oxygen atoms in total. The van der Waals surface area contributed by atoms with Crippen molar-refractivity contribution < 1.29 is 9.50 Å². The van der Waals surface area contributed by atoms with E-state index in [0.717, 1.165) is 0 Å². The third-order valence-corrected chi connectivity index (χ3v) is 3.20.